The van der Waals surface area contributed by atoms with E-state index in [2.05, 4.69) is 12.2 Å². The van der Waals surface area contributed by atoms with Crippen molar-refractivity contribution in [1.29, 1.82) is 0 Å². The highest BCUT2D eigenvalue weighted by Gasteiger charge is 2.37. The zero-order chi connectivity index (χ0) is 17.4. The number of quaternary nitrogens is 1. The average molecular weight is 343 g/mol. The Morgan fingerprint density at radius 1 is 1.20 bits per heavy atom. The summed E-state index contributed by atoms with van der Waals surface area (Å²) in [5.41, 5.74) is 1.10. The number of likely N-dealkylation sites (N-methyl/N-ethyl adjacent to an activating group) is 1. The van der Waals surface area contributed by atoms with Gasteiger partial charge in [-0.05, 0) is 48.3 Å². The number of fused-ring (bicyclic) bond motifs is 3. The van der Waals surface area contributed by atoms with Gasteiger partial charge in [0, 0.05) is 13.1 Å². The predicted octanol–water partition coefficient (Wildman–Crippen LogP) is 1.10. The van der Waals surface area contributed by atoms with Crippen molar-refractivity contribution in [3.05, 3.63) is 35.9 Å². The van der Waals surface area contributed by atoms with E-state index in [0.717, 1.165) is 34.4 Å². The lowest BCUT2D eigenvalue weighted by atomic mass is 9.93. The molecule has 0 spiro atoms. The minimum absolute atomic E-state index is 0.226. The van der Waals surface area contributed by atoms with E-state index in [0.29, 0.717) is 24.9 Å². The van der Waals surface area contributed by atoms with Crippen molar-refractivity contribution >= 4 is 5.91 Å². The zero-order valence-corrected chi connectivity index (χ0v) is 15.0. The molecule has 25 heavy (non-hydrogen) atoms. The summed E-state index contributed by atoms with van der Waals surface area (Å²) in [5, 5.41) is 0. The summed E-state index contributed by atoms with van der Waals surface area (Å²) in [6.07, 6.45) is 7.21. The predicted molar refractivity (Wildman–Crippen MR) is 94.5 cm³/mol. The third-order valence-electron chi connectivity index (χ3n) is 5.54. The monoisotopic (exact) mass is 343 g/mol. The number of carbonyl (C=O) groups excluding carboxylic acids is 1. The second-order valence-corrected chi connectivity index (χ2v) is 7.89. The number of ether oxygens (including phenoxy) is 2. The van der Waals surface area contributed by atoms with Crippen LogP contribution in [0.1, 0.15) is 18.4 Å². The molecule has 1 saturated carbocycles. The molecule has 1 heterocycles. The highest BCUT2D eigenvalue weighted by molar-refractivity contribution is 5.77. The van der Waals surface area contributed by atoms with E-state index in [1.54, 1.807) is 0 Å². The van der Waals surface area contributed by atoms with E-state index in [1.165, 1.54) is 12.8 Å². The van der Waals surface area contributed by atoms with Gasteiger partial charge in [-0.2, -0.15) is 0 Å². The number of carbonyl (C=O) groups is 1. The standard InChI is InChI=1S/C20H26N2O3/c1-21(2)12-20(23)22(11-17-8-14-3-5-16(17)7-14)10-15-4-6-18-19(9-15)25-13-24-18/h3-6,9,14,16-17H,7-8,10-13H2,1-2H3/p+1/t14-,16-,17-/m0/s1. The second-order valence-electron chi connectivity index (χ2n) is 7.89. The molecule has 1 aromatic carbocycles. The number of nitrogens with one attached hydrogen (secondary N) is 1. The summed E-state index contributed by atoms with van der Waals surface area (Å²) in [6, 6.07) is 5.99. The van der Waals surface area contributed by atoms with E-state index < -0.39 is 0 Å². The van der Waals surface area contributed by atoms with Gasteiger partial charge in [-0.25, -0.2) is 0 Å². The number of rotatable bonds is 6. The van der Waals surface area contributed by atoms with E-state index in [4.69, 9.17) is 9.47 Å². The summed E-state index contributed by atoms with van der Waals surface area (Å²) >= 11 is 0. The first-order valence-electron chi connectivity index (χ1n) is 9.22. The SMILES string of the molecule is C[NH+](C)CC(=O)N(Cc1ccc2c(c1)OCO2)C[C@@H]1C[C@H]2C=C[C@H]1C2. The van der Waals surface area contributed by atoms with Crippen LogP contribution in [0.3, 0.4) is 0 Å². The molecule has 3 aliphatic rings. The summed E-state index contributed by atoms with van der Waals surface area (Å²) in [6.45, 7) is 2.30. The van der Waals surface area contributed by atoms with Crippen LogP contribution >= 0.6 is 0 Å². The number of hydrogen-bond donors (Lipinski definition) is 1. The molecule has 5 nitrogen and oxygen atoms in total. The fourth-order valence-electron chi connectivity index (χ4n) is 4.32. The molecule has 5 heteroatoms. The van der Waals surface area contributed by atoms with E-state index in [1.807, 2.05) is 37.2 Å². The molecule has 0 saturated heterocycles. The second kappa shape index (κ2) is 6.71. The normalized spacial score (nSPS) is 25.8. The summed E-state index contributed by atoms with van der Waals surface area (Å²) in [5.74, 6) is 3.79. The smallest absolute Gasteiger partial charge is 0.278 e. The first kappa shape index (κ1) is 16.5. The maximum atomic E-state index is 12.8. The lowest BCUT2D eigenvalue weighted by Gasteiger charge is -2.29. The number of amides is 1. The Balaban J connectivity index is 1.48. The van der Waals surface area contributed by atoms with Crippen molar-refractivity contribution in [2.75, 3.05) is 34.0 Å². The highest BCUT2D eigenvalue weighted by atomic mass is 16.7. The van der Waals surface area contributed by atoms with E-state index >= 15 is 0 Å². The van der Waals surface area contributed by atoms with Crippen LogP contribution in [0.25, 0.3) is 0 Å². The van der Waals surface area contributed by atoms with Crippen LogP contribution in [0.2, 0.25) is 0 Å². The first-order chi connectivity index (χ1) is 12.1. The van der Waals surface area contributed by atoms with Gasteiger partial charge in [0.2, 0.25) is 6.79 Å². The van der Waals surface area contributed by atoms with Gasteiger partial charge >= 0.3 is 0 Å². The number of benzene rings is 1. The maximum Gasteiger partial charge on any atom is 0.278 e. The summed E-state index contributed by atoms with van der Waals surface area (Å²) in [4.78, 5) is 16.0. The molecule has 1 fully saturated rings. The number of nitrogens with zero attached hydrogens (tertiary/aromatic N) is 1. The summed E-state index contributed by atoms with van der Waals surface area (Å²) < 4.78 is 10.9. The van der Waals surface area contributed by atoms with Crippen LogP contribution < -0.4 is 14.4 Å². The fraction of sp³-hybridized carbons (Fsp3) is 0.550. The summed E-state index contributed by atoms with van der Waals surface area (Å²) in [7, 11) is 4.05. The molecule has 4 rings (SSSR count). The van der Waals surface area contributed by atoms with Gasteiger partial charge in [0.05, 0.1) is 14.1 Å². The Morgan fingerprint density at radius 2 is 2.04 bits per heavy atom. The number of hydrogen-bond acceptors (Lipinski definition) is 3. The van der Waals surface area contributed by atoms with Crippen molar-refractivity contribution in [2.24, 2.45) is 17.8 Å². The van der Waals surface area contributed by atoms with Crippen LogP contribution in [0, 0.1) is 17.8 Å². The van der Waals surface area contributed by atoms with Crippen molar-refractivity contribution in [3.8, 4) is 11.5 Å². The first-order valence-corrected chi connectivity index (χ1v) is 9.22. The molecular weight excluding hydrogens is 316 g/mol. The molecule has 1 amide bonds. The van der Waals surface area contributed by atoms with Crippen molar-refractivity contribution < 1.29 is 19.2 Å². The third-order valence-corrected chi connectivity index (χ3v) is 5.54. The molecule has 3 atom stereocenters. The van der Waals surface area contributed by atoms with Crippen molar-refractivity contribution in [3.63, 3.8) is 0 Å². The lowest BCUT2D eigenvalue weighted by Crippen LogP contribution is -3.07. The topological polar surface area (TPSA) is 43.2 Å². The fourth-order valence-corrected chi connectivity index (χ4v) is 4.32. The van der Waals surface area contributed by atoms with Gasteiger partial charge in [-0.3, -0.25) is 4.79 Å². The molecule has 1 aliphatic heterocycles. The molecule has 2 aliphatic carbocycles. The zero-order valence-electron chi connectivity index (χ0n) is 15.0. The van der Waals surface area contributed by atoms with Gasteiger partial charge in [0.1, 0.15) is 0 Å². The molecule has 0 aromatic heterocycles. The average Bonchev–Trinajstić information content (AvgIpc) is 3.29. The highest BCUT2D eigenvalue weighted by Crippen LogP contribution is 2.43. The molecule has 1 aromatic rings. The minimum Gasteiger partial charge on any atom is -0.454 e. The van der Waals surface area contributed by atoms with Gasteiger partial charge in [-0.15, -0.1) is 0 Å². The van der Waals surface area contributed by atoms with E-state index in [-0.39, 0.29) is 12.7 Å². The Morgan fingerprint density at radius 3 is 2.76 bits per heavy atom. The van der Waals surface area contributed by atoms with Crippen molar-refractivity contribution in [1.82, 2.24) is 4.90 Å². The third kappa shape index (κ3) is 3.52. The Labute approximate surface area is 149 Å². The van der Waals surface area contributed by atoms with Crippen LogP contribution in [0.5, 0.6) is 11.5 Å². The molecule has 134 valence electrons. The molecule has 0 unspecified atom stereocenters. The van der Waals surface area contributed by atoms with Gasteiger partial charge in [0.25, 0.3) is 5.91 Å². The Kier molecular flexibility index (Phi) is 4.42. The quantitative estimate of drug-likeness (QED) is 0.787. The van der Waals surface area contributed by atoms with Crippen molar-refractivity contribution in [2.45, 2.75) is 19.4 Å². The maximum absolute atomic E-state index is 12.8. The minimum atomic E-state index is 0.226. The number of allylic oxidation sites excluding steroid dienone is 2. The van der Waals surface area contributed by atoms with E-state index in [9.17, 15) is 4.79 Å². The molecule has 1 N–H and O–H groups in total. The van der Waals surface area contributed by atoms with Crippen LogP contribution in [0.4, 0.5) is 0 Å². The Bertz CT molecular complexity index is 686. The van der Waals surface area contributed by atoms with Crippen LogP contribution in [-0.4, -0.2) is 44.8 Å². The lowest BCUT2D eigenvalue weighted by molar-refractivity contribution is -0.849. The van der Waals surface area contributed by atoms with Gasteiger partial charge < -0.3 is 19.3 Å². The Hall–Kier alpha value is -2.01. The van der Waals surface area contributed by atoms with Crippen LogP contribution in [-0.2, 0) is 11.3 Å². The van der Waals surface area contributed by atoms with Gasteiger partial charge in [0.15, 0.2) is 18.0 Å². The van der Waals surface area contributed by atoms with Crippen LogP contribution in [0.15, 0.2) is 30.4 Å². The molecule has 0 radical (unpaired) electrons. The molecular formula is C20H27N2O3+. The largest absolute Gasteiger partial charge is 0.454 e. The van der Waals surface area contributed by atoms with Gasteiger partial charge in [-0.1, -0.05) is 18.2 Å². The molecule has 2 bridgehead atoms.